The number of anilines is 1. The van der Waals surface area contributed by atoms with E-state index in [-0.39, 0.29) is 11.7 Å². The van der Waals surface area contributed by atoms with Gasteiger partial charge in [-0.3, -0.25) is 9.59 Å². The van der Waals surface area contributed by atoms with Crippen LogP contribution in [0, 0.1) is 0 Å². The fourth-order valence-electron chi connectivity index (χ4n) is 3.85. The van der Waals surface area contributed by atoms with E-state index in [1.54, 1.807) is 30.3 Å². The molecule has 0 atom stereocenters. The monoisotopic (exact) mass is 505 g/mol. The van der Waals surface area contributed by atoms with Gasteiger partial charge >= 0.3 is 0 Å². The Morgan fingerprint density at radius 2 is 1.47 bits per heavy atom. The zero-order valence-corrected chi connectivity index (χ0v) is 21.8. The molecule has 0 saturated carbocycles. The van der Waals surface area contributed by atoms with Crippen molar-refractivity contribution >= 4 is 23.5 Å². The topological polar surface area (TPSA) is 64.6 Å². The van der Waals surface area contributed by atoms with Crippen molar-refractivity contribution in [3.63, 3.8) is 0 Å². The average Bonchev–Trinajstić information content (AvgIpc) is 2.93. The Morgan fingerprint density at radius 1 is 0.789 bits per heavy atom. The van der Waals surface area contributed by atoms with Crippen LogP contribution in [0.1, 0.15) is 42.3 Å². The molecule has 0 aliphatic rings. The van der Waals surface area contributed by atoms with Crippen LogP contribution in [0.2, 0.25) is 0 Å². The van der Waals surface area contributed by atoms with Gasteiger partial charge in [-0.25, -0.2) is 0 Å². The van der Waals surface area contributed by atoms with E-state index in [4.69, 9.17) is 9.47 Å². The summed E-state index contributed by atoms with van der Waals surface area (Å²) in [5.41, 5.74) is 2.14. The molecule has 0 fully saturated rings. The Labute approximate surface area is 223 Å². The van der Waals surface area contributed by atoms with Gasteiger partial charge in [0.1, 0.15) is 17.2 Å². The van der Waals surface area contributed by atoms with Crippen LogP contribution in [-0.4, -0.2) is 18.3 Å². The lowest BCUT2D eigenvalue weighted by Gasteiger charge is -2.24. The molecule has 0 heterocycles. The molecule has 5 nitrogen and oxygen atoms in total. The number of hydrogen-bond acceptors (Lipinski definition) is 4. The van der Waals surface area contributed by atoms with Gasteiger partial charge < -0.3 is 14.8 Å². The summed E-state index contributed by atoms with van der Waals surface area (Å²) in [5.74, 6) is 1.94. The van der Waals surface area contributed by atoms with Gasteiger partial charge in [0.25, 0.3) is 0 Å². The molecule has 38 heavy (non-hydrogen) atoms. The summed E-state index contributed by atoms with van der Waals surface area (Å²) in [7, 11) is 0. The molecule has 1 N–H and O–H groups in total. The van der Waals surface area contributed by atoms with Crippen molar-refractivity contribution in [3.05, 3.63) is 126 Å². The summed E-state index contributed by atoms with van der Waals surface area (Å²) in [5, 5.41) is 2.96. The van der Waals surface area contributed by atoms with Crippen LogP contribution in [0.25, 0.3) is 6.08 Å². The quantitative estimate of drug-likeness (QED) is 0.177. The van der Waals surface area contributed by atoms with Gasteiger partial charge in [0.15, 0.2) is 5.78 Å². The van der Waals surface area contributed by atoms with Crippen molar-refractivity contribution in [2.45, 2.75) is 26.2 Å². The molecule has 0 unspecified atom stereocenters. The minimum atomic E-state index is -0.749. The SMILES string of the molecule is CCOc1ccc(C(C)(C)C(=O)Nc2ccc(C(=O)C=Cc3cccc(Oc4ccccc4)c3)cc2)cc1. The number of para-hydroxylation sites is 1. The van der Waals surface area contributed by atoms with Crippen molar-refractivity contribution in [1.82, 2.24) is 0 Å². The maximum atomic E-state index is 13.0. The molecule has 4 aromatic rings. The summed E-state index contributed by atoms with van der Waals surface area (Å²) in [6.07, 6.45) is 3.29. The van der Waals surface area contributed by atoms with Crippen LogP contribution in [0.3, 0.4) is 0 Å². The second-order valence-electron chi connectivity index (χ2n) is 9.30. The highest BCUT2D eigenvalue weighted by molar-refractivity contribution is 6.07. The smallest absolute Gasteiger partial charge is 0.234 e. The third-order valence-electron chi connectivity index (χ3n) is 6.15. The van der Waals surface area contributed by atoms with Crippen molar-refractivity contribution < 1.29 is 19.1 Å². The van der Waals surface area contributed by atoms with Crippen LogP contribution in [-0.2, 0) is 10.2 Å². The highest BCUT2D eigenvalue weighted by Crippen LogP contribution is 2.27. The molecule has 5 heteroatoms. The predicted molar refractivity (Wildman–Crippen MR) is 152 cm³/mol. The molecule has 0 bridgehead atoms. The number of carbonyl (C=O) groups is 2. The number of amides is 1. The van der Waals surface area contributed by atoms with Gasteiger partial charge in [-0.1, -0.05) is 48.5 Å². The first-order valence-corrected chi connectivity index (χ1v) is 12.6. The molecule has 0 spiro atoms. The van der Waals surface area contributed by atoms with Gasteiger partial charge in [0, 0.05) is 11.3 Å². The lowest BCUT2D eigenvalue weighted by atomic mass is 9.83. The van der Waals surface area contributed by atoms with E-state index >= 15 is 0 Å². The van der Waals surface area contributed by atoms with Crippen LogP contribution in [0.5, 0.6) is 17.2 Å². The van der Waals surface area contributed by atoms with E-state index in [2.05, 4.69) is 5.32 Å². The number of ketones is 1. The molecule has 4 aromatic carbocycles. The highest BCUT2D eigenvalue weighted by Gasteiger charge is 2.30. The molecular weight excluding hydrogens is 474 g/mol. The molecule has 0 aliphatic heterocycles. The lowest BCUT2D eigenvalue weighted by Crippen LogP contribution is -2.34. The van der Waals surface area contributed by atoms with Crippen molar-refractivity contribution in [1.29, 1.82) is 0 Å². The van der Waals surface area contributed by atoms with Gasteiger partial charge in [-0.15, -0.1) is 0 Å². The van der Waals surface area contributed by atoms with E-state index in [0.717, 1.165) is 22.6 Å². The predicted octanol–water partition coefficient (Wildman–Crippen LogP) is 7.69. The molecule has 0 aromatic heterocycles. The largest absolute Gasteiger partial charge is 0.494 e. The summed E-state index contributed by atoms with van der Waals surface area (Å²) in [6.45, 7) is 6.28. The second kappa shape index (κ2) is 12.1. The Balaban J connectivity index is 1.37. The first-order valence-electron chi connectivity index (χ1n) is 12.6. The fraction of sp³-hybridized carbons (Fsp3) is 0.152. The third kappa shape index (κ3) is 6.77. The molecule has 4 rings (SSSR count). The number of carbonyl (C=O) groups excluding carboxylic acids is 2. The van der Waals surface area contributed by atoms with E-state index in [1.807, 2.05) is 99.6 Å². The first-order chi connectivity index (χ1) is 18.3. The maximum Gasteiger partial charge on any atom is 0.234 e. The van der Waals surface area contributed by atoms with Crippen LogP contribution in [0.15, 0.2) is 109 Å². The number of nitrogens with one attached hydrogen (secondary N) is 1. The molecule has 0 saturated heterocycles. The molecular formula is C33H31NO4. The number of benzene rings is 4. The second-order valence-corrected chi connectivity index (χ2v) is 9.30. The number of hydrogen-bond donors (Lipinski definition) is 1. The Bertz CT molecular complexity index is 1410. The van der Waals surface area contributed by atoms with Crippen molar-refractivity contribution in [2.75, 3.05) is 11.9 Å². The minimum Gasteiger partial charge on any atom is -0.494 e. The van der Waals surface area contributed by atoms with E-state index in [9.17, 15) is 9.59 Å². The molecule has 1 amide bonds. The Morgan fingerprint density at radius 3 is 2.16 bits per heavy atom. The standard InChI is InChI=1S/C33H31NO4/c1-4-37-28-20-16-26(17-21-28)33(2,3)32(36)34-27-18-14-25(15-19-27)31(35)22-13-24-9-8-12-30(23-24)38-29-10-6-5-7-11-29/h5-23H,4H2,1-3H3,(H,34,36). The van der Waals surface area contributed by atoms with Crippen LogP contribution < -0.4 is 14.8 Å². The van der Waals surface area contributed by atoms with Gasteiger partial charge in [0.05, 0.1) is 12.0 Å². The third-order valence-corrected chi connectivity index (χ3v) is 6.15. The fourth-order valence-corrected chi connectivity index (χ4v) is 3.85. The minimum absolute atomic E-state index is 0.132. The Kier molecular flexibility index (Phi) is 8.39. The van der Waals surface area contributed by atoms with Gasteiger partial charge in [-0.2, -0.15) is 0 Å². The molecule has 192 valence electrons. The van der Waals surface area contributed by atoms with Gasteiger partial charge in [0.2, 0.25) is 5.91 Å². The number of rotatable bonds is 10. The van der Waals surface area contributed by atoms with E-state index in [0.29, 0.717) is 23.6 Å². The molecule has 0 radical (unpaired) electrons. The summed E-state index contributed by atoms with van der Waals surface area (Å²) in [4.78, 5) is 25.8. The normalized spacial score (nSPS) is 11.2. The summed E-state index contributed by atoms with van der Waals surface area (Å²) in [6, 6.07) is 31.5. The van der Waals surface area contributed by atoms with Crippen molar-refractivity contribution in [3.8, 4) is 17.2 Å². The zero-order valence-electron chi connectivity index (χ0n) is 21.8. The lowest BCUT2D eigenvalue weighted by molar-refractivity contribution is -0.120. The molecule has 0 aliphatic carbocycles. The van der Waals surface area contributed by atoms with Crippen molar-refractivity contribution in [2.24, 2.45) is 0 Å². The summed E-state index contributed by atoms with van der Waals surface area (Å²) >= 11 is 0. The van der Waals surface area contributed by atoms with Gasteiger partial charge in [-0.05, 0) is 98.6 Å². The first kappa shape index (κ1) is 26.4. The zero-order chi connectivity index (χ0) is 27.0. The van der Waals surface area contributed by atoms with Crippen LogP contribution >= 0.6 is 0 Å². The van der Waals surface area contributed by atoms with E-state index in [1.165, 1.54) is 6.08 Å². The summed E-state index contributed by atoms with van der Waals surface area (Å²) < 4.78 is 11.4. The number of ether oxygens (including phenoxy) is 2. The average molecular weight is 506 g/mol. The number of allylic oxidation sites excluding steroid dienone is 1. The highest BCUT2D eigenvalue weighted by atomic mass is 16.5. The Hall–Kier alpha value is -4.64. The van der Waals surface area contributed by atoms with Crippen LogP contribution in [0.4, 0.5) is 5.69 Å². The van der Waals surface area contributed by atoms with E-state index < -0.39 is 5.41 Å². The maximum absolute atomic E-state index is 13.0.